The summed E-state index contributed by atoms with van der Waals surface area (Å²) in [6.07, 6.45) is 1.96. The molecule has 2 aliphatic heterocycles. The number of nitrogens with one attached hydrogen (secondary N) is 3. The van der Waals surface area contributed by atoms with Crippen LogP contribution in [0.25, 0.3) is 44.1 Å². The van der Waals surface area contributed by atoms with Crippen molar-refractivity contribution in [3.63, 3.8) is 0 Å². The molecule has 12 rings (SSSR count). The number of aromatic nitrogens is 8. The Hall–Kier alpha value is -4.32. The maximum Gasteiger partial charge on any atom is 0.121 e. The molecule has 76 heavy (non-hydrogen) atoms. The van der Waals surface area contributed by atoms with Crippen molar-refractivity contribution in [1.82, 2.24) is 54.2 Å². The van der Waals surface area contributed by atoms with Gasteiger partial charge in [0.25, 0.3) is 0 Å². The maximum absolute atomic E-state index is 4.75. The van der Waals surface area contributed by atoms with Crippen molar-refractivity contribution in [2.24, 2.45) is 24.1 Å². The van der Waals surface area contributed by atoms with Gasteiger partial charge in [0.1, 0.15) is 23.3 Å². The van der Waals surface area contributed by atoms with Crippen molar-refractivity contribution in [2.45, 2.75) is 39.0 Å². The van der Waals surface area contributed by atoms with Gasteiger partial charge in [0, 0.05) is 51.4 Å². The molecule has 0 fully saturated rings. The standard InChI is InChI=1S/C19H21N5.C19H19N3.C16H15N5.6ClH.3Co/c1-22(12-18-20-14-8-4-6-10-16(14)23(18)2)13-19-21-15-9-5-7-11-17(15)24(19)3;1-22(12-16-10-14-6-2-4-8-18(14)20-16)13-17-11-15-7-3-5-9-19(15)21-17;1-2-6-12-11(5-1)18-15(19-12)9-17-10-16-20-13-7-3-4-8-14(13)21-16;;;;;;;;;/h4-11H,12-13H2,1-3H3;2-9H,10-13H2,1H3;1-8,17H,9-10H2,(H,18,19)(H,20,21);6*1H;;;/q;;;;;;;;;3*+3/p-6. The van der Waals surface area contributed by atoms with Crippen LogP contribution in [0.3, 0.4) is 0 Å². The van der Waals surface area contributed by atoms with Gasteiger partial charge in [0.15, 0.2) is 0 Å². The van der Waals surface area contributed by atoms with E-state index in [2.05, 4.69) is 157 Å². The monoisotopic (exact) mass is 1270 g/mol. The van der Waals surface area contributed by atoms with E-state index in [0.29, 0.717) is 51.8 Å². The molecular weight excluding hydrogens is 1220 g/mol. The van der Waals surface area contributed by atoms with Crippen LogP contribution >= 0.6 is 60.9 Å². The number of imidazole rings is 4. The maximum atomic E-state index is 4.75. The minimum Gasteiger partial charge on any atom is -0.341 e. The second-order valence-electron chi connectivity index (χ2n) is 17.6. The average molecular weight is 1280 g/mol. The van der Waals surface area contributed by atoms with E-state index in [9.17, 15) is 0 Å². The Morgan fingerprint density at radius 1 is 0.461 bits per heavy atom. The van der Waals surface area contributed by atoms with Gasteiger partial charge in [0.2, 0.25) is 0 Å². The second kappa shape index (κ2) is 30.7. The summed E-state index contributed by atoms with van der Waals surface area (Å²) in [7, 11) is 36.8. The summed E-state index contributed by atoms with van der Waals surface area (Å²) in [5.74, 6) is 4.01. The third-order valence-electron chi connectivity index (χ3n) is 12.3. The van der Waals surface area contributed by atoms with Crippen LogP contribution in [0, 0.1) is 0 Å². The molecule has 0 saturated carbocycles. The first-order valence-corrected chi connectivity index (χ1v) is 32.2. The number of rotatable bonds is 12. The number of fused-ring (bicyclic) bond motifs is 6. The number of para-hydroxylation sites is 10. The molecule has 13 nitrogen and oxygen atoms in total. The first-order chi connectivity index (χ1) is 37.0. The molecule has 10 aromatic rings. The van der Waals surface area contributed by atoms with Crippen molar-refractivity contribution in [1.29, 1.82) is 0 Å². The van der Waals surface area contributed by atoms with Gasteiger partial charge in [-0.2, -0.15) is 0 Å². The van der Waals surface area contributed by atoms with Gasteiger partial charge in [-0.05, 0) is 85.9 Å². The predicted molar refractivity (Wildman–Crippen MR) is 306 cm³/mol. The minimum absolute atomic E-state index is 0.382. The average Bonchev–Trinajstić information content (AvgIpc) is 4.29. The normalized spacial score (nSPS) is 12.3. The molecule has 22 heteroatoms. The molecule has 0 unspecified atom stereocenters. The van der Waals surface area contributed by atoms with Gasteiger partial charge in [-0.25, -0.2) is 19.9 Å². The number of benzene rings is 6. The molecular formula is C54H55Cl6Co3N13+3. The molecule has 0 atom stereocenters. The Morgan fingerprint density at radius 2 is 0.803 bits per heavy atom. The largest absolute Gasteiger partial charge is 0.341 e. The minimum atomic E-state index is 0.382. The quantitative estimate of drug-likeness (QED) is 0.111. The van der Waals surface area contributed by atoms with Gasteiger partial charge in [-0.15, -0.1) is 0 Å². The zero-order chi connectivity index (χ0) is 53.8. The zero-order valence-electron chi connectivity index (χ0n) is 41.8. The molecule has 0 saturated heterocycles. The van der Waals surface area contributed by atoms with E-state index in [1.165, 1.54) is 33.6 Å². The number of hydrogen-bond donors (Lipinski definition) is 3. The fourth-order valence-corrected chi connectivity index (χ4v) is 8.95. The van der Waals surface area contributed by atoms with Crippen LogP contribution in [0.15, 0.2) is 156 Å². The van der Waals surface area contributed by atoms with E-state index < -0.39 is 0 Å². The first-order valence-electron chi connectivity index (χ1n) is 23.6. The van der Waals surface area contributed by atoms with Crippen LogP contribution < -0.4 is 5.32 Å². The number of nitrogens with zero attached hydrogens (tertiary/aromatic N) is 10. The van der Waals surface area contributed by atoms with Gasteiger partial charge >= 0.3 is 99.6 Å². The summed E-state index contributed by atoms with van der Waals surface area (Å²) in [4.78, 5) is 39.2. The summed E-state index contributed by atoms with van der Waals surface area (Å²) in [5.41, 5.74) is 16.0. The first kappa shape index (κ1) is 59.3. The number of hydrogen-bond acceptors (Lipinski definition) is 9. The van der Waals surface area contributed by atoms with Crippen molar-refractivity contribution in [2.75, 3.05) is 27.2 Å². The van der Waals surface area contributed by atoms with Gasteiger partial charge < -0.3 is 24.4 Å². The molecule has 0 spiro atoms. The van der Waals surface area contributed by atoms with Crippen LogP contribution in [-0.2, 0) is 91.8 Å². The summed E-state index contributed by atoms with van der Waals surface area (Å²) >= 11 is 1.15. The molecule has 4 aromatic heterocycles. The van der Waals surface area contributed by atoms with Crippen molar-refractivity contribution >= 4 is 128 Å². The molecule has 402 valence electrons. The van der Waals surface area contributed by atoms with Crippen LogP contribution in [0.1, 0.15) is 34.4 Å². The molecule has 2 aliphatic rings. The van der Waals surface area contributed by atoms with E-state index in [0.717, 1.165) is 107 Å². The second-order valence-corrected chi connectivity index (χ2v) is 22.8. The molecule has 6 heterocycles. The van der Waals surface area contributed by atoms with Gasteiger partial charge in [-0.3, -0.25) is 19.8 Å². The topological polar surface area (TPSA) is 136 Å². The summed E-state index contributed by atoms with van der Waals surface area (Å²) in [5, 5.41) is 3.35. The Bertz CT molecular complexity index is 3200. The molecule has 0 aliphatic carbocycles. The van der Waals surface area contributed by atoms with Crippen LogP contribution in [0.2, 0.25) is 0 Å². The van der Waals surface area contributed by atoms with E-state index >= 15 is 0 Å². The van der Waals surface area contributed by atoms with Crippen LogP contribution in [-0.4, -0.2) is 87.4 Å². The Balaban J connectivity index is 0.000000154. The third kappa shape index (κ3) is 16.8. The van der Waals surface area contributed by atoms with E-state index in [-0.39, 0.29) is 0 Å². The Morgan fingerprint density at radius 3 is 1.18 bits per heavy atom. The van der Waals surface area contributed by atoms with Gasteiger partial charge in [0.05, 0.1) is 81.7 Å². The van der Waals surface area contributed by atoms with E-state index in [1.54, 1.807) is 0 Å². The Kier molecular flexibility index (Phi) is 24.0. The third-order valence-corrected chi connectivity index (χ3v) is 12.3. The van der Waals surface area contributed by atoms with Gasteiger partial charge in [-0.1, -0.05) is 84.9 Å². The summed E-state index contributed by atoms with van der Waals surface area (Å²) in [6, 6.07) is 49.4. The zero-order valence-corrected chi connectivity index (χ0v) is 49.4. The van der Waals surface area contributed by atoms with Crippen molar-refractivity contribution < 1.29 is 38.7 Å². The van der Waals surface area contributed by atoms with Crippen molar-refractivity contribution in [3.05, 3.63) is 180 Å². The van der Waals surface area contributed by atoms with Crippen molar-refractivity contribution in [3.8, 4) is 0 Å². The molecule has 3 N–H and O–H groups in total. The smallest absolute Gasteiger partial charge is 0.121 e. The van der Waals surface area contributed by atoms with E-state index in [1.807, 2.05) is 60.7 Å². The number of halogens is 6. The number of aliphatic imine (C=N–C) groups is 2. The molecule has 0 amide bonds. The van der Waals surface area contributed by atoms with Crippen LogP contribution in [0.4, 0.5) is 11.4 Å². The Labute approximate surface area is 486 Å². The molecule has 0 radical (unpaired) electrons. The fourth-order valence-electron chi connectivity index (χ4n) is 8.95. The number of aryl methyl sites for hydroxylation is 2. The summed E-state index contributed by atoms with van der Waals surface area (Å²) < 4.78 is 4.33. The van der Waals surface area contributed by atoms with Crippen LogP contribution in [0.5, 0.6) is 0 Å². The number of H-pyrrole nitrogens is 2. The SMILES string of the molecule is CN(CC1=Nc2ccccc2C1)CC1=Nc2ccccc2C1.CN(Cc1nc2ccccc2n1C)Cc1nc2ccccc2n1C.[Cl][Co+][Cl].[Cl][Co+][Cl].[Cl][Co+][Cl].c1ccc2[nH]c(CNCc3nc4ccccc4[nH]3)nc2c1. The fraction of sp³-hybridized carbons (Fsp3) is 0.222. The number of aromatic amines is 2. The summed E-state index contributed by atoms with van der Waals surface area (Å²) in [6.45, 7) is 4.76. The molecule has 6 aromatic carbocycles. The molecule has 0 bridgehead atoms. The predicted octanol–water partition coefficient (Wildman–Crippen LogP) is 13.5. The van der Waals surface area contributed by atoms with E-state index in [4.69, 9.17) is 80.8 Å².